The lowest BCUT2D eigenvalue weighted by atomic mass is 10.1. The number of nitrogens with one attached hydrogen (secondary N) is 1. The zero-order valence-electron chi connectivity index (χ0n) is 26.7. The quantitative estimate of drug-likeness (QED) is 0.291. The van der Waals surface area contributed by atoms with Crippen molar-refractivity contribution < 1.29 is 41.3 Å². The lowest BCUT2D eigenvalue weighted by molar-refractivity contribution is -0.140. The molecule has 0 aromatic heterocycles. The number of hydrogen-bond donors (Lipinski definition) is 1. The van der Waals surface area contributed by atoms with Gasteiger partial charge in [-0.3, -0.25) is 13.9 Å². The van der Waals surface area contributed by atoms with Crippen molar-refractivity contribution >= 4 is 27.5 Å². The number of carbonyl (C=O) groups excluding carboxylic acids is 2. The maximum absolute atomic E-state index is 14.8. The molecule has 13 heteroatoms. The fourth-order valence-electron chi connectivity index (χ4n) is 4.48. The van der Waals surface area contributed by atoms with Crippen molar-refractivity contribution in [3.05, 3.63) is 72.0 Å². The maximum Gasteiger partial charge on any atom is 0.265 e. The molecule has 0 aliphatic rings. The first kappa shape index (κ1) is 35.0. The fourth-order valence-corrected chi connectivity index (χ4v) is 5.91. The fraction of sp³-hybridized carbons (Fsp3) is 0.375. The van der Waals surface area contributed by atoms with Gasteiger partial charge in [0, 0.05) is 29.8 Å². The summed E-state index contributed by atoms with van der Waals surface area (Å²) in [5, 5.41) is 2.83. The molecule has 0 heterocycles. The number of methoxy groups -OCH3 is 4. The summed E-state index contributed by atoms with van der Waals surface area (Å²) in [6, 6.07) is 13.3. The molecule has 2 amide bonds. The van der Waals surface area contributed by atoms with Crippen LogP contribution in [0.15, 0.2) is 65.6 Å². The van der Waals surface area contributed by atoms with Crippen LogP contribution in [0.5, 0.6) is 23.0 Å². The average Bonchev–Trinajstić information content (AvgIpc) is 3.01. The number of amides is 2. The lowest BCUT2D eigenvalue weighted by Gasteiger charge is -2.34. The smallest absolute Gasteiger partial charge is 0.265 e. The Morgan fingerprint density at radius 1 is 0.867 bits per heavy atom. The van der Waals surface area contributed by atoms with Gasteiger partial charge in [-0.1, -0.05) is 18.2 Å². The van der Waals surface area contributed by atoms with Gasteiger partial charge in [0.05, 0.1) is 39.0 Å². The second-order valence-corrected chi connectivity index (χ2v) is 13.0. The van der Waals surface area contributed by atoms with Crippen molar-refractivity contribution in [2.75, 3.05) is 39.3 Å². The van der Waals surface area contributed by atoms with E-state index in [9.17, 15) is 22.4 Å². The Balaban J connectivity index is 2.19. The Kier molecular flexibility index (Phi) is 11.3. The molecule has 0 aliphatic heterocycles. The number of ether oxygens (including phenoxy) is 4. The highest BCUT2D eigenvalue weighted by molar-refractivity contribution is 7.92. The normalized spacial score (nSPS) is 12.1. The van der Waals surface area contributed by atoms with E-state index in [-0.39, 0.29) is 34.2 Å². The molecule has 1 N–H and O–H groups in total. The zero-order valence-corrected chi connectivity index (χ0v) is 27.5. The predicted octanol–water partition coefficient (Wildman–Crippen LogP) is 4.39. The van der Waals surface area contributed by atoms with E-state index in [2.05, 4.69) is 5.32 Å². The average molecular weight is 646 g/mol. The predicted molar refractivity (Wildman–Crippen MR) is 168 cm³/mol. The lowest BCUT2D eigenvalue weighted by Crippen LogP contribution is -2.54. The van der Waals surface area contributed by atoms with Gasteiger partial charge >= 0.3 is 0 Å². The highest BCUT2D eigenvalue weighted by Gasteiger charge is 2.35. The van der Waals surface area contributed by atoms with Crippen molar-refractivity contribution in [3.63, 3.8) is 0 Å². The Labute approximate surface area is 263 Å². The number of rotatable bonds is 13. The number of sulfonamides is 1. The summed E-state index contributed by atoms with van der Waals surface area (Å²) >= 11 is 0. The van der Waals surface area contributed by atoms with E-state index in [4.69, 9.17) is 18.9 Å². The minimum atomic E-state index is -4.51. The highest BCUT2D eigenvalue weighted by Crippen LogP contribution is 2.38. The number of nitrogens with zero attached hydrogens (tertiary/aromatic N) is 2. The van der Waals surface area contributed by atoms with Gasteiger partial charge in [-0.25, -0.2) is 12.8 Å². The van der Waals surface area contributed by atoms with Crippen LogP contribution in [0.3, 0.4) is 0 Å². The van der Waals surface area contributed by atoms with Gasteiger partial charge in [-0.2, -0.15) is 0 Å². The van der Waals surface area contributed by atoms with Crippen LogP contribution in [0.25, 0.3) is 0 Å². The van der Waals surface area contributed by atoms with Gasteiger partial charge in [0.2, 0.25) is 11.8 Å². The standard InChI is InChI=1S/C32H40FN3O8S/c1-21(31(38)34-32(2,3)4)35(19-22-11-9-10-12-25(22)33)30(37)20-36(26-17-23(41-5)13-15-27(26)42-6)45(39,40)24-14-16-28(43-7)29(18-24)44-8/h9-18,21H,19-20H2,1-8H3,(H,34,38)/t21-/m0/s1. The van der Waals surface area contributed by atoms with Gasteiger partial charge in [0.1, 0.15) is 29.9 Å². The van der Waals surface area contributed by atoms with Gasteiger partial charge < -0.3 is 29.2 Å². The van der Waals surface area contributed by atoms with E-state index in [1.807, 2.05) is 0 Å². The first-order chi connectivity index (χ1) is 21.2. The number of hydrogen-bond acceptors (Lipinski definition) is 8. The number of halogens is 1. The Hall–Kier alpha value is -4.52. The third-order valence-electron chi connectivity index (χ3n) is 6.84. The summed E-state index contributed by atoms with van der Waals surface area (Å²) in [4.78, 5) is 28.4. The summed E-state index contributed by atoms with van der Waals surface area (Å²) in [7, 11) is 1.04. The molecule has 0 radical (unpaired) electrons. The first-order valence-electron chi connectivity index (χ1n) is 14.0. The van der Waals surface area contributed by atoms with Crippen molar-refractivity contribution in [1.82, 2.24) is 10.2 Å². The van der Waals surface area contributed by atoms with Crippen LogP contribution in [0, 0.1) is 5.82 Å². The molecule has 244 valence electrons. The van der Waals surface area contributed by atoms with E-state index < -0.39 is 45.8 Å². The number of benzene rings is 3. The second kappa shape index (κ2) is 14.5. The minimum absolute atomic E-state index is 0.00220. The van der Waals surface area contributed by atoms with Gasteiger partial charge in [-0.15, -0.1) is 0 Å². The second-order valence-electron chi connectivity index (χ2n) is 11.1. The SMILES string of the molecule is COc1ccc(OC)c(N(CC(=O)N(Cc2ccccc2F)[C@@H](C)C(=O)NC(C)(C)C)S(=O)(=O)c2ccc(OC)c(OC)c2)c1. The van der Waals surface area contributed by atoms with E-state index in [1.54, 1.807) is 32.9 Å². The molecule has 1 atom stereocenters. The molecular formula is C32H40FN3O8S. The van der Waals surface area contributed by atoms with Crippen LogP contribution in [0.1, 0.15) is 33.3 Å². The molecule has 0 saturated heterocycles. The summed E-state index contributed by atoms with van der Waals surface area (Å²) in [6.45, 7) is 5.78. The third kappa shape index (κ3) is 8.35. The highest BCUT2D eigenvalue weighted by atomic mass is 32.2. The summed E-state index contributed by atoms with van der Waals surface area (Å²) in [5.74, 6) is -0.977. The van der Waals surface area contributed by atoms with Crippen LogP contribution >= 0.6 is 0 Å². The molecule has 0 bridgehead atoms. The molecule has 0 unspecified atom stereocenters. The van der Waals surface area contributed by atoms with Gasteiger partial charge in [0.25, 0.3) is 10.0 Å². The Morgan fingerprint density at radius 2 is 1.49 bits per heavy atom. The molecule has 0 fully saturated rings. The van der Waals surface area contributed by atoms with Crippen LogP contribution in [-0.4, -0.2) is 71.7 Å². The van der Waals surface area contributed by atoms with Crippen LogP contribution < -0.4 is 28.6 Å². The summed E-state index contributed by atoms with van der Waals surface area (Å²) in [6.07, 6.45) is 0. The largest absolute Gasteiger partial charge is 0.497 e. The van der Waals surface area contributed by atoms with Crippen LogP contribution in [0.2, 0.25) is 0 Å². The van der Waals surface area contributed by atoms with Gasteiger partial charge in [-0.05, 0) is 58.0 Å². The molecule has 0 saturated carbocycles. The minimum Gasteiger partial charge on any atom is -0.497 e. The molecule has 0 spiro atoms. The van der Waals surface area contributed by atoms with E-state index in [0.29, 0.717) is 11.5 Å². The van der Waals surface area contributed by atoms with Crippen LogP contribution in [-0.2, 0) is 26.2 Å². The van der Waals surface area contributed by atoms with Crippen molar-refractivity contribution in [2.24, 2.45) is 0 Å². The first-order valence-corrected chi connectivity index (χ1v) is 15.4. The zero-order chi connectivity index (χ0) is 33.5. The van der Waals surface area contributed by atoms with E-state index >= 15 is 0 Å². The monoisotopic (exact) mass is 645 g/mol. The number of anilines is 1. The number of carbonyl (C=O) groups is 2. The molecule has 3 rings (SSSR count). The molecule has 3 aromatic rings. The third-order valence-corrected chi connectivity index (χ3v) is 8.60. The van der Waals surface area contributed by atoms with Gasteiger partial charge in [0.15, 0.2) is 11.5 Å². The van der Waals surface area contributed by atoms with E-state index in [1.165, 1.54) is 83.9 Å². The van der Waals surface area contributed by atoms with Crippen LogP contribution in [0.4, 0.5) is 10.1 Å². The molecule has 11 nitrogen and oxygen atoms in total. The Morgan fingerprint density at radius 3 is 2.07 bits per heavy atom. The van der Waals surface area contributed by atoms with Crippen molar-refractivity contribution in [3.8, 4) is 23.0 Å². The molecule has 3 aromatic carbocycles. The molecular weight excluding hydrogens is 605 g/mol. The van der Waals surface area contributed by atoms with Crippen molar-refractivity contribution in [2.45, 2.75) is 50.7 Å². The summed E-state index contributed by atoms with van der Waals surface area (Å²) < 4.78 is 65.8. The topological polar surface area (TPSA) is 124 Å². The Bertz CT molecular complexity index is 1620. The van der Waals surface area contributed by atoms with E-state index in [0.717, 1.165) is 9.21 Å². The van der Waals surface area contributed by atoms with Crippen molar-refractivity contribution in [1.29, 1.82) is 0 Å². The molecule has 0 aliphatic carbocycles. The summed E-state index contributed by atoms with van der Waals surface area (Å²) in [5.41, 5.74) is -0.485. The maximum atomic E-state index is 14.8. The molecule has 45 heavy (non-hydrogen) atoms.